The number of aryl methyl sites for hydroxylation is 2. The van der Waals surface area contributed by atoms with Crippen molar-refractivity contribution in [2.45, 2.75) is 20.4 Å². The summed E-state index contributed by atoms with van der Waals surface area (Å²) >= 11 is 0. The molecule has 2 N–H and O–H groups in total. The predicted octanol–water partition coefficient (Wildman–Crippen LogP) is 3.49. The lowest BCUT2D eigenvalue weighted by molar-refractivity contribution is 0.466. The number of aromatic hydroxyl groups is 1. The normalized spacial score (nSPS) is 9.95. The molecule has 2 rings (SSSR count). The van der Waals surface area contributed by atoms with Crippen molar-refractivity contribution in [3.8, 4) is 11.8 Å². The first kappa shape index (κ1) is 13.0. The Morgan fingerprint density at radius 3 is 2.21 bits per heavy atom. The summed E-state index contributed by atoms with van der Waals surface area (Å²) in [4.78, 5) is 0. The molecule has 3 nitrogen and oxygen atoms in total. The van der Waals surface area contributed by atoms with Gasteiger partial charge in [-0.2, -0.15) is 5.26 Å². The van der Waals surface area contributed by atoms with Crippen LogP contribution in [0.15, 0.2) is 36.4 Å². The molecule has 0 spiro atoms. The molecule has 2 aromatic rings. The lowest BCUT2D eigenvalue weighted by atomic mass is 10.1. The van der Waals surface area contributed by atoms with E-state index < -0.39 is 0 Å². The van der Waals surface area contributed by atoms with E-state index in [1.54, 1.807) is 12.1 Å². The molecule has 0 fully saturated rings. The number of hydrogen-bond acceptors (Lipinski definition) is 3. The van der Waals surface area contributed by atoms with Gasteiger partial charge in [-0.25, -0.2) is 0 Å². The Labute approximate surface area is 113 Å². The van der Waals surface area contributed by atoms with Gasteiger partial charge in [-0.15, -0.1) is 0 Å². The van der Waals surface area contributed by atoms with Crippen molar-refractivity contribution >= 4 is 5.69 Å². The van der Waals surface area contributed by atoms with E-state index in [0.29, 0.717) is 17.9 Å². The van der Waals surface area contributed by atoms with Gasteiger partial charge < -0.3 is 10.4 Å². The predicted molar refractivity (Wildman–Crippen MR) is 76.1 cm³/mol. The zero-order valence-electron chi connectivity index (χ0n) is 11.1. The molecule has 3 heteroatoms. The molecular formula is C16H16N2O. The van der Waals surface area contributed by atoms with Crippen molar-refractivity contribution in [2.75, 3.05) is 5.32 Å². The molecule has 0 bridgehead atoms. The van der Waals surface area contributed by atoms with Crippen LogP contribution in [0.1, 0.15) is 22.3 Å². The van der Waals surface area contributed by atoms with Crippen molar-refractivity contribution in [1.82, 2.24) is 0 Å². The van der Waals surface area contributed by atoms with Gasteiger partial charge in [-0.3, -0.25) is 0 Å². The minimum Gasteiger partial charge on any atom is -0.507 e. The average Bonchev–Trinajstić information content (AvgIpc) is 2.43. The molecular weight excluding hydrogens is 236 g/mol. The number of hydrogen-bond donors (Lipinski definition) is 2. The molecule has 0 aliphatic carbocycles. The summed E-state index contributed by atoms with van der Waals surface area (Å²) in [6.07, 6.45) is 0. The highest BCUT2D eigenvalue weighted by molar-refractivity contribution is 5.48. The van der Waals surface area contributed by atoms with E-state index in [0.717, 1.165) is 22.4 Å². The van der Waals surface area contributed by atoms with E-state index in [9.17, 15) is 5.11 Å². The number of nitrogens with zero attached hydrogens (tertiary/aromatic N) is 1. The molecule has 0 aliphatic heterocycles. The highest BCUT2D eigenvalue weighted by atomic mass is 16.3. The van der Waals surface area contributed by atoms with Crippen molar-refractivity contribution in [3.63, 3.8) is 0 Å². The summed E-state index contributed by atoms with van der Waals surface area (Å²) in [5, 5.41) is 21.7. The van der Waals surface area contributed by atoms with E-state index in [4.69, 9.17) is 5.26 Å². The van der Waals surface area contributed by atoms with Crippen LogP contribution in [0.4, 0.5) is 5.69 Å². The number of rotatable bonds is 3. The van der Waals surface area contributed by atoms with Gasteiger partial charge in [0.15, 0.2) is 0 Å². The SMILES string of the molecule is Cc1cc(CNc2ccc(C#N)cc2)cc(C)c1O. The van der Waals surface area contributed by atoms with E-state index in [1.165, 1.54) is 0 Å². The Morgan fingerprint density at radius 2 is 1.68 bits per heavy atom. The second-order valence-corrected chi connectivity index (χ2v) is 4.62. The van der Waals surface area contributed by atoms with Crippen molar-refractivity contribution in [1.29, 1.82) is 5.26 Å². The van der Waals surface area contributed by atoms with Crippen LogP contribution in [0.25, 0.3) is 0 Å². The molecule has 0 radical (unpaired) electrons. The summed E-state index contributed by atoms with van der Waals surface area (Å²) in [6.45, 7) is 4.48. The van der Waals surface area contributed by atoms with Crippen molar-refractivity contribution < 1.29 is 5.11 Å². The van der Waals surface area contributed by atoms with Crippen molar-refractivity contribution in [3.05, 3.63) is 58.7 Å². The average molecular weight is 252 g/mol. The fourth-order valence-corrected chi connectivity index (χ4v) is 2.01. The number of phenolic OH excluding ortho intramolecular Hbond substituents is 1. The molecule has 0 saturated carbocycles. The summed E-state index contributed by atoms with van der Waals surface area (Å²) < 4.78 is 0. The van der Waals surface area contributed by atoms with Gasteiger partial charge in [0.2, 0.25) is 0 Å². The number of nitriles is 1. The van der Waals surface area contributed by atoms with Gasteiger partial charge in [0, 0.05) is 12.2 Å². The number of phenols is 1. The molecule has 0 aromatic heterocycles. The highest BCUT2D eigenvalue weighted by Crippen LogP contribution is 2.23. The molecule has 96 valence electrons. The first-order valence-electron chi connectivity index (χ1n) is 6.13. The minimum atomic E-state index is 0.363. The minimum absolute atomic E-state index is 0.363. The van der Waals surface area contributed by atoms with Crippen LogP contribution in [0, 0.1) is 25.2 Å². The molecule has 0 saturated heterocycles. The van der Waals surface area contributed by atoms with Crippen molar-refractivity contribution in [2.24, 2.45) is 0 Å². The standard InChI is InChI=1S/C16H16N2O/c1-11-7-14(8-12(2)16(11)19)10-18-15-5-3-13(9-17)4-6-15/h3-8,18-19H,10H2,1-2H3. The first-order valence-corrected chi connectivity index (χ1v) is 6.13. The first-order chi connectivity index (χ1) is 9.10. The van der Waals surface area contributed by atoms with Crippen LogP contribution < -0.4 is 5.32 Å². The van der Waals surface area contributed by atoms with Gasteiger partial charge in [0.05, 0.1) is 11.6 Å². The van der Waals surface area contributed by atoms with Crippen LogP contribution in [-0.4, -0.2) is 5.11 Å². The molecule has 0 atom stereocenters. The molecule has 0 unspecified atom stereocenters. The van der Waals surface area contributed by atoms with E-state index in [1.807, 2.05) is 38.1 Å². The molecule has 0 aliphatic rings. The van der Waals surface area contributed by atoms with Crippen LogP contribution in [0.3, 0.4) is 0 Å². The molecule has 0 heterocycles. The number of benzene rings is 2. The lowest BCUT2D eigenvalue weighted by Crippen LogP contribution is -2.00. The summed E-state index contributed by atoms with van der Waals surface area (Å²) in [6, 6.07) is 13.4. The van der Waals surface area contributed by atoms with Gasteiger partial charge in [0.1, 0.15) is 5.75 Å². The highest BCUT2D eigenvalue weighted by Gasteiger charge is 2.03. The second kappa shape index (κ2) is 5.45. The maximum absolute atomic E-state index is 9.72. The fourth-order valence-electron chi connectivity index (χ4n) is 2.01. The van der Waals surface area contributed by atoms with E-state index in [-0.39, 0.29) is 0 Å². The Hall–Kier alpha value is -2.47. The zero-order valence-corrected chi connectivity index (χ0v) is 11.1. The maximum atomic E-state index is 9.72. The van der Waals surface area contributed by atoms with Crippen LogP contribution in [0.5, 0.6) is 5.75 Å². The molecule has 2 aromatic carbocycles. The second-order valence-electron chi connectivity index (χ2n) is 4.62. The third-order valence-corrected chi connectivity index (χ3v) is 3.06. The maximum Gasteiger partial charge on any atom is 0.121 e. The smallest absolute Gasteiger partial charge is 0.121 e. The van der Waals surface area contributed by atoms with Crippen LogP contribution in [-0.2, 0) is 6.54 Å². The van der Waals surface area contributed by atoms with Gasteiger partial charge in [0.25, 0.3) is 0 Å². The fraction of sp³-hybridized carbons (Fsp3) is 0.188. The monoisotopic (exact) mass is 252 g/mol. The Bertz CT molecular complexity index is 601. The quantitative estimate of drug-likeness (QED) is 0.879. The van der Waals surface area contributed by atoms with Crippen LogP contribution >= 0.6 is 0 Å². The lowest BCUT2D eigenvalue weighted by Gasteiger charge is -2.10. The molecule has 19 heavy (non-hydrogen) atoms. The number of anilines is 1. The third-order valence-electron chi connectivity index (χ3n) is 3.06. The van der Waals surface area contributed by atoms with Gasteiger partial charge in [-0.05, 0) is 54.8 Å². The van der Waals surface area contributed by atoms with E-state index >= 15 is 0 Å². The third kappa shape index (κ3) is 3.05. The Kier molecular flexibility index (Phi) is 3.72. The largest absolute Gasteiger partial charge is 0.507 e. The summed E-state index contributed by atoms with van der Waals surface area (Å²) in [7, 11) is 0. The summed E-state index contributed by atoms with van der Waals surface area (Å²) in [5.41, 5.74) is 4.52. The Morgan fingerprint density at radius 1 is 1.11 bits per heavy atom. The Balaban J connectivity index is 2.08. The van der Waals surface area contributed by atoms with Gasteiger partial charge >= 0.3 is 0 Å². The van der Waals surface area contributed by atoms with Gasteiger partial charge in [-0.1, -0.05) is 12.1 Å². The zero-order chi connectivity index (χ0) is 13.8. The summed E-state index contributed by atoms with van der Waals surface area (Å²) in [5.74, 6) is 0.363. The van der Waals surface area contributed by atoms with E-state index in [2.05, 4.69) is 11.4 Å². The number of nitrogens with one attached hydrogen (secondary N) is 1. The molecule has 0 amide bonds. The van der Waals surface area contributed by atoms with Crippen LogP contribution in [0.2, 0.25) is 0 Å². The topological polar surface area (TPSA) is 56.0 Å².